The first-order valence-electron chi connectivity index (χ1n) is 11.9. The van der Waals surface area contributed by atoms with Gasteiger partial charge in [0.1, 0.15) is 43.1 Å². The van der Waals surface area contributed by atoms with E-state index in [2.05, 4.69) is 4.98 Å². The predicted octanol–water partition coefficient (Wildman–Crippen LogP) is 0.120. The molecule has 5 rings (SSSR count). The van der Waals surface area contributed by atoms with Crippen LogP contribution in [0.1, 0.15) is 40.3 Å². The lowest BCUT2D eigenvalue weighted by atomic mass is 10.1. The summed E-state index contributed by atoms with van der Waals surface area (Å²) in [7, 11) is -3.90. The summed E-state index contributed by atoms with van der Waals surface area (Å²) in [6.45, 7) is 6.99. The Balaban J connectivity index is 1.24. The molecule has 0 radical (unpaired) electrons. The van der Waals surface area contributed by atoms with Crippen LogP contribution in [0.3, 0.4) is 0 Å². The van der Waals surface area contributed by atoms with Gasteiger partial charge in [-0.05, 0) is 33.8 Å². The lowest BCUT2D eigenvalue weighted by Gasteiger charge is -2.32. The summed E-state index contributed by atoms with van der Waals surface area (Å²) in [4.78, 5) is 26.7. The quantitative estimate of drug-likeness (QED) is 0.300. The maximum absolute atomic E-state index is 12.1. The van der Waals surface area contributed by atoms with Crippen molar-refractivity contribution in [2.45, 2.75) is 94.8 Å². The highest BCUT2D eigenvalue weighted by atomic mass is 32.7. The molecule has 0 amide bonds. The second kappa shape index (κ2) is 9.91. The van der Waals surface area contributed by atoms with Crippen LogP contribution in [-0.2, 0) is 49.7 Å². The molecule has 4 N–H and O–H groups in total. The van der Waals surface area contributed by atoms with Crippen molar-refractivity contribution in [2.75, 3.05) is 18.9 Å². The number of rotatable bonds is 7. The third kappa shape index (κ3) is 5.98. The number of fused-ring (bicyclic) bond motifs is 1. The zero-order valence-electron chi connectivity index (χ0n) is 20.8. The van der Waals surface area contributed by atoms with Crippen LogP contribution in [0, 0.1) is 0 Å². The first-order chi connectivity index (χ1) is 17.2. The number of aliphatic hydroxyl groups is 1. The maximum Gasteiger partial charge on any atom is 0.351 e. The molecular formula is C21H32N3O11PS. The van der Waals surface area contributed by atoms with Gasteiger partial charge in [0.2, 0.25) is 0 Å². The Bertz CT molecular complexity index is 1060. The number of hydrogen-bond acceptors (Lipinski definition) is 14. The summed E-state index contributed by atoms with van der Waals surface area (Å²) in [6.07, 6.45) is -4.71. The average molecular weight is 566 g/mol. The molecular weight excluding hydrogens is 533 g/mol. The molecule has 14 nitrogen and oxygen atoms in total. The number of aromatic nitrogens is 2. The van der Waals surface area contributed by atoms with E-state index in [1.54, 1.807) is 27.7 Å². The van der Waals surface area contributed by atoms with Crippen LogP contribution in [-0.4, -0.2) is 87.3 Å². The Morgan fingerprint density at radius 1 is 1.22 bits per heavy atom. The molecule has 4 aliphatic rings. The molecule has 1 aromatic heterocycles. The monoisotopic (exact) mass is 565 g/mol. The smallest absolute Gasteiger partial charge is 0.351 e. The number of nitrogens with zero attached hydrogens (tertiary/aromatic N) is 2. The van der Waals surface area contributed by atoms with Gasteiger partial charge in [0.15, 0.2) is 24.0 Å². The highest BCUT2D eigenvalue weighted by molar-refractivity contribution is 8.35. The minimum Gasteiger partial charge on any atom is -0.459 e. The van der Waals surface area contributed by atoms with Crippen molar-refractivity contribution < 1.29 is 47.5 Å². The molecule has 4 fully saturated rings. The minimum atomic E-state index is -3.90. The second-order valence-electron chi connectivity index (χ2n) is 10.2. The molecule has 37 heavy (non-hydrogen) atoms. The molecule has 0 saturated carbocycles. The molecule has 0 bridgehead atoms. The van der Waals surface area contributed by atoms with Crippen LogP contribution in [0.2, 0.25) is 0 Å². The van der Waals surface area contributed by atoms with Crippen molar-refractivity contribution in [3.8, 4) is 0 Å². The Hall–Kier alpha value is -0.940. The highest BCUT2D eigenvalue weighted by Gasteiger charge is 2.61. The van der Waals surface area contributed by atoms with Crippen LogP contribution < -0.4 is 11.4 Å². The molecule has 0 aromatic carbocycles. The molecule has 4 aliphatic heterocycles. The van der Waals surface area contributed by atoms with E-state index in [4.69, 9.17) is 55.5 Å². The van der Waals surface area contributed by atoms with Gasteiger partial charge in [0.25, 0.3) is 7.15 Å². The van der Waals surface area contributed by atoms with Crippen molar-refractivity contribution >= 4 is 25.2 Å². The number of hydrogen-bond donors (Lipinski definition) is 3. The number of nitrogen functional groups attached to an aromatic ring is 1. The van der Waals surface area contributed by atoms with Gasteiger partial charge in [0.05, 0.1) is 12.7 Å². The van der Waals surface area contributed by atoms with E-state index in [9.17, 15) is 14.8 Å². The third-order valence-corrected chi connectivity index (χ3v) is 8.01. The summed E-state index contributed by atoms with van der Waals surface area (Å²) in [6, 6.07) is 1.45. The molecule has 0 spiro atoms. The van der Waals surface area contributed by atoms with Gasteiger partial charge < -0.3 is 51.5 Å². The molecule has 208 valence electrons. The SMILES string of the molecule is CC1(C)O[C@H]2O[C@H]([C@H]3COC(C)(C)O3)[C@H](O[P+](O)([S-])OC[C@H]3O[C@@H](n4ccc(N)nc4=O)C[C@@H]3O)[C@H]2O1. The lowest BCUT2D eigenvalue weighted by Crippen LogP contribution is -2.44. The zero-order valence-corrected chi connectivity index (χ0v) is 22.5. The van der Waals surface area contributed by atoms with Crippen molar-refractivity contribution in [1.29, 1.82) is 0 Å². The number of ether oxygens (including phenoxy) is 6. The predicted molar refractivity (Wildman–Crippen MR) is 128 cm³/mol. The standard InChI is InChI=1S/C21H32N3O11PS/c1-20(2)28-8-12(32-20)15-16(17-18(31-15)34-21(3,4)33-17)35-36(27,37)29-9-11-10(25)7-14(30-11)24-6-5-13(22)23-19(24)26/h5-6,10-12,14-18,25H,7-9H2,1-4H3,(H,27,37)(H2,22,23,26)/t10-,11+,12+,14+,15+,16-,17+,18+,36?/m0/s1. The molecule has 1 aromatic rings. The zero-order chi connectivity index (χ0) is 26.8. The Morgan fingerprint density at radius 2 is 1.97 bits per heavy atom. The van der Waals surface area contributed by atoms with Crippen LogP contribution in [0.5, 0.6) is 0 Å². The second-order valence-corrected chi connectivity index (χ2v) is 13.0. The van der Waals surface area contributed by atoms with Gasteiger partial charge in [0, 0.05) is 12.6 Å². The Morgan fingerprint density at radius 3 is 2.65 bits per heavy atom. The van der Waals surface area contributed by atoms with Crippen LogP contribution in [0.25, 0.3) is 0 Å². The van der Waals surface area contributed by atoms with Crippen molar-refractivity contribution in [2.24, 2.45) is 0 Å². The molecule has 1 unspecified atom stereocenters. The van der Waals surface area contributed by atoms with Gasteiger partial charge in [-0.15, -0.1) is 0 Å². The fourth-order valence-electron chi connectivity index (χ4n) is 4.83. The average Bonchev–Trinajstić information content (AvgIpc) is 3.49. The summed E-state index contributed by atoms with van der Waals surface area (Å²) >= 11 is 5.28. The largest absolute Gasteiger partial charge is 0.459 e. The van der Waals surface area contributed by atoms with Crippen molar-refractivity contribution in [3.05, 3.63) is 22.7 Å². The lowest BCUT2D eigenvalue weighted by molar-refractivity contribution is -0.231. The normalized spacial score (nSPS) is 40.1. The summed E-state index contributed by atoms with van der Waals surface area (Å²) < 4.78 is 47.9. The fraction of sp³-hybridized carbons (Fsp3) is 0.810. The first kappa shape index (κ1) is 27.6. The number of aliphatic hydroxyl groups excluding tert-OH is 1. The first-order valence-corrected chi connectivity index (χ1v) is 14.5. The summed E-state index contributed by atoms with van der Waals surface area (Å²) in [5, 5.41) is 10.5. The molecule has 4 saturated heterocycles. The van der Waals surface area contributed by atoms with Crippen molar-refractivity contribution in [1.82, 2.24) is 9.55 Å². The topological polar surface area (TPSA) is 175 Å². The Labute approximate surface area is 219 Å². The van der Waals surface area contributed by atoms with Gasteiger partial charge in [-0.2, -0.15) is 14.0 Å². The van der Waals surface area contributed by atoms with Crippen LogP contribution in [0.4, 0.5) is 5.82 Å². The number of nitrogens with two attached hydrogens (primary N) is 1. The third-order valence-electron chi connectivity index (χ3n) is 6.45. The number of anilines is 1. The van der Waals surface area contributed by atoms with E-state index < -0.39 is 73.6 Å². The van der Waals surface area contributed by atoms with Gasteiger partial charge in [-0.1, -0.05) is 0 Å². The van der Waals surface area contributed by atoms with Crippen LogP contribution in [0.15, 0.2) is 17.1 Å². The Kier molecular flexibility index (Phi) is 7.40. The van der Waals surface area contributed by atoms with Gasteiger partial charge >= 0.3 is 5.69 Å². The van der Waals surface area contributed by atoms with Gasteiger partial charge in [-0.25, -0.2) is 9.69 Å². The fourth-order valence-corrected chi connectivity index (χ4v) is 6.26. The molecule has 9 atom stereocenters. The highest BCUT2D eigenvalue weighted by Crippen LogP contribution is 2.59. The molecule has 5 heterocycles. The summed E-state index contributed by atoms with van der Waals surface area (Å²) in [5.74, 6) is -1.67. The van der Waals surface area contributed by atoms with E-state index in [0.29, 0.717) is 0 Å². The maximum atomic E-state index is 12.1. The van der Waals surface area contributed by atoms with Gasteiger partial charge in [-0.3, -0.25) is 4.57 Å². The van der Waals surface area contributed by atoms with Crippen molar-refractivity contribution in [3.63, 3.8) is 0 Å². The van der Waals surface area contributed by atoms with Crippen LogP contribution >= 0.6 is 7.15 Å². The molecule has 0 aliphatic carbocycles. The molecule has 16 heteroatoms. The van der Waals surface area contributed by atoms with E-state index in [0.717, 1.165) is 0 Å². The van der Waals surface area contributed by atoms with E-state index in [-0.39, 0.29) is 25.5 Å². The summed E-state index contributed by atoms with van der Waals surface area (Å²) in [5.41, 5.74) is 4.92. The van der Waals surface area contributed by atoms with E-state index in [1.165, 1.54) is 16.8 Å². The van der Waals surface area contributed by atoms with E-state index in [1.807, 2.05) is 0 Å². The minimum absolute atomic E-state index is 0.0763. The van der Waals surface area contributed by atoms with E-state index >= 15 is 0 Å².